The number of alkyl carbamates (subject to hydrolysis) is 1. The Bertz CT molecular complexity index is 1920. The number of carbonyl (C=O) groups excluding carboxylic acids is 1. The van der Waals surface area contributed by atoms with E-state index in [1.807, 2.05) is 0 Å². The Labute approximate surface area is 276 Å². The fraction of sp³-hybridized carbons (Fsp3) is 0.281. The van der Waals surface area contributed by atoms with Crippen molar-refractivity contribution in [3.05, 3.63) is 88.3 Å². The van der Waals surface area contributed by atoms with E-state index in [1.165, 1.54) is 29.1 Å². The lowest BCUT2D eigenvalue weighted by molar-refractivity contribution is -0.198. The number of amides is 1. The molecule has 47 heavy (non-hydrogen) atoms. The molecule has 2 aromatic carbocycles. The zero-order chi connectivity index (χ0) is 34.1. The SMILES string of the molecule is Cc1ccn(-c2cc(Cl)ccc2C(Oc2ncnc3c(-c4ccc(CC(NC(=O)OC(C)(C)C)C(=O)O)cc4)csc23)C(F)(F)F)n1. The minimum Gasteiger partial charge on any atom is -0.480 e. The van der Waals surface area contributed by atoms with Crippen LogP contribution in [0.15, 0.2) is 66.4 Å². The van der Waals surface area contributed by atoms with Crippen LogP contribution in [0, 0.1) is 6.92 Å². The van der Waals surface area contributed by atoms with Crippen molar-refractivity contribution in [2.24, 2.45) is 0 Å². The standard InChI is InChI=1S/C32H29ClF3N5O5S/c1-17-11-12-41(40-17)24-14-20(33)9-10-21(24)27(32(34,35)36)45-28-26-25(37-16-38-28)22(15-47-26)19-7-5-18(6-8-19)13-23(29(42)43)39-30(44)46-31(2,3)4/h5-12,14-16,23,27H,13H2,1-4H3,(H,39,44)(H,42,43). The number of halogens is 4. The third kappa shape index (κ3) is 8.00. The predicted molar refractivity (Wildman–Crippen MR) is 170 cm³/mol. The monoisotopic (exact) mass is 687 g/mol. The number of thiophene rings is 1. The molecule has 0 saturated heterocycles. The molecule has 0 bridgehead atoms. The number of carboxylic acids is 1. The summed E-state index contributed by atoms with van der Waals surface area (Å²) in [6, 6.07) is 11.3. The van der Waals surface area contributed by atoms with Crippen LogP contribution in [0.2, 0.25) is 5.02 Å². The number of aryl methyl sites for hydroxylation is 1. The van der Waals surface area contributed by atoms with Crippen LogP contribution in [0.25, 0.3) is 27.0 Å². The van der Waals surface area contributed by atoms with Crippen LogP contribution in [0.4, 0.5) is 18.0 Å². The van der Waals surface area contributed by atoms with Crippen LogP contribution in [0.5, 0.6) is 5.88 Å². The van der Waals surface area contributed by atoms with Crippen molar-refractivity contribution in [1.29, 1.82) is 0 Å². The van der Waals surface area contributed by atoms with Gasteiger partial charge in [0.1, 0.15) is 22.7 Å². The highest BCUT2D eigenvalue weighted by Gasteiger charge is 2.45. The van der Waals surface area contributed by atoms with E-state index in [0.29, 0.717) is 32.6 Å². The fourth-order valence-corrected chi connectivity index (χ4v) is 5.85. The smallest absolute Gasteiger partial charge is 0.429 e. The van der Waals surface area contributed by atoms with E-state index >= 15 is 0 Å². The first kappa shape index (κ1) is 33.7. The first-order chi connectivity index (χ1) is 22.1. The van der Waals surface area contributed by atoms with Crippen LogP contribution in [-0.4, -0.2) is 54.7 Å². The minimum absolute atomic E-state index is 0.0109. The summed E-state index contributed by atoms with van der Waals surface area (Å²) in [5.41, 5.74) is 2.01. The van der Waals surface area contributed by atoms with Crippen LogP contribution in [-0.2, 0) is 16.0 Å². The topological polar surface area (TPSA) is 128 Å². The van der Waals surface area contributed by atoms with E-state index in [2.05, 4.69) is 20.4 Å². The van der Waals surface area contributed by atoms with Gasteiger partial charge < -0.3 is 19.9 Å². The normalized spacial score (nSPS) is 13.3. The first-order valence-corrected chi connectivity index (χ1v) is 15.4. The van der Waals surface area contributed by atoms with Gasteiger partial charge in [0.05, 0.1) is 16.9 Å². The number of carboxylic acid groups (broad SMARTS) is 1. The third-order valence-corrected chi connectivity index (χ3v) is 7.98. The van der Waals surface area contributed by atoms with Gasteiger partial charge in [-0.2, -0.15) is 18.3 Å². The quantitative estimate of drug-likeness (QED) is 0.161. The van der Waals surface area contributed by atoms with E-state index in [1.54, 1.807) is 63.4 Å². The van der Waals surface area contributed by atoms with Gasteiger partial charge in [0.2, 0.25) is 12.0 Å². The first-order valence-electron chi connectivity index (χ1n) is 14.2. The average Bonchev–Trinajstić information content (AvgIpc) is 3.61. The second-order valence-corrected chi connectivity index (χ2v) is 12.9. The van der Waals surface area contributed by atoms with Crippen molar-refractivity contribution in [2.75, 3.05) is 0 Å². The van der Waals surface area contributed by atoms with Crippen LogP contribution >= 0.6 is 22.9 Å². The summed E-state index contributed by atoms with van der Waals surface area (Å²) in [5.74, 6) is -1.48. The molecule has 10 nitrogen and oxygen atoms in total. The molecule has 5 aromatic rings. The molecule has 3 aromatic heterocycles. The van der Waals surface area contributed by atoms with Crippen molar-refractivity contribution >= 4 is 45.2 Å². The zero-order valence-corrected chi connectivity index (χ0v) is 27.1. The van der Waals surface area contributed by atoms with Crippen molar-refractivity contribution < 1.29 is 37.3 Å². The third-order valence-electron chi connectivity index (χ3n) is 6.79. The molecule has 0 spiro atoms. The lowest BCUT2D eigenvalue weighted by atomic mass is 10.0. The number of aromatic nitrogens is 4. The summed E-state index contributed by atoms with van der Waals surface area (Å²) in [6.07, 6.45) is -5.42. The van der Waals surface area contributed by atoms with Crippen molar-refractivity contribution in [1.82, 2.24) is 25.1 Å². The summed E-state index contributed by atoms with van der Waals surface area (Å²) < 4.78 is 56.2. The molecule has 1 amide bonds. The second-order valence-electron chi connectivity index (χ2n) is 11.6. The van der Waals surface area contributed by atoms with Gasteiger partial charge >= 0.3 is 18.2 Å². The highest BCUT2D eigenvalue weighted by atomic mass is 35.5. The second kappa shape index (κ2) is 13.2. The number of nitrogens with one attached hydrogen (secondary N) is 1. The number of alkyl halides is 3. The summed E-state index contributed by atoms with van der Waals surface area (Å²) >= 11 is 7.28. The zero-order valence-electron chi connectivity index (χ0n) is 25.5. The molecule has 0 fully saturated rings. The lowest BCUT2D eigenvalue weighted by Crippen LogP contribution is -2.44. The van der Waals surface area contributed by atoms with E-state index in [-0.39, 0.29) is 28.6 Å². The number of aliphatic carboxylic acids is 1. The van der Waals surface area contributed by atoms with Gasteiger partial charge in [-0.3, -0.25) is 0 Å². The Morgan fingerprint density at radius 1 is 1.09 bits per heavy atom. The number of hydrogen-bond acceptors (Lipinski definition) is 8. The molecule has 246 valence electrons. The van der Waals surface area contributed by atoms with E-state index in [4.69, 9.17) is 21.1 Å². The Hall–Kier alpha value is -4.69. The predicted octanol–water partition coefficient (Wildman–Crippen LogP) is 7.71. The van der Waals surface area contributed by atoms with E-state index in [0.717, 1.165) is 17.7 Å². The van der Waals surface area contributed by atoms with Crippen LogP contribution in [0.3, 0.4) is 0 Å². The van der Waals surface area contributed by atoms with Crippen molar-refractivity contribution in [2.45, 2.75) is 58.0 Å². The Balaban J connectivity index is 1.42. The number of ether oxygens (including phenoxy) is 2. The molecule has 0 aliphatic rings. The van der Waals surface area contributed by atoms with Gasteiger partial charge in [-0.1, -0.05) is 41.9 Å². The van der Waals surface area contributed by atoms with E-state index < -0.39 is 36.0 Å². The molecule has 5 rings (SSSR count). The number of benzene rings is 2. The molecule has 0 saturated carbocycles. The van der Waals surface area contributed by atoms with Gasteiger partial charge in [0, 0.05) is 34.1 Å². The molecule has 2 N–H and O–H groups in total. The summed E-state index contributed by atoms with van der Waals surface area (Å²) in [4.78, 5) is 32.3. The highest BCUT2D eigenvalue weighted by Crippen LogP contribution is 2.43. The number of carbonyl (C=O) groups is 2. The van der Waals surface area contributed by atoms with E-state index in [9.17, 15) is 27.9 Å². The maximum Gasteiger partial charge on any atom is 0.429 e. The van der Waals surface area contributed by atoms with Crippen LogP contribution < -0.4 is 10.1 Å². The molecule has 3 heterocycles. The molecule has 2 atom stereocenters. The highest BCUT2D eigenvalue weighted by molar-refractivity contribution is 7.18. The van der Waals surface area contributed by atoms with Gasteiger partial charge in [-0.25, -0.2) is 24.2 Å². The number of fused-ring (bicyclic) bond motifs is 1. The van der Waals surface area contributed by atoms with Crippen molar-refractivity contribution in [3.63, 3.8) is 0 Å². The molecule has 0 radical (unpaired) electrons. The van der Waals surface area contributed by atoms with Gasteiger partial charge in [0.25, 0.3) is 0 Å². The van der Waals surface area contributed by atoms with Gasteiger partial charge in [-0.15, -0.1) is 11.3 Å². The number of nitrogens with zero attached hydrogens (tertiary/aromatic N) is 4. The number of rotatable bonds is 9. The average molecular weight is 688 g/mol. The molecule has 0 aliphatic carbocycles. The van der Waals surface area contributed by atoms with Crippen LogP contribution in [0.1, 0.15) is 43.7 Å². The maximum absolute atomic E-state index is 14.6. The van der Waals surface area contributed by atoms with Gasteiger partial charge in [0.15, 0.2) is 0 Å². The molecular formula is C32H29ClF3N5O5S. The Morgan fingerprint density at radius 3 is 2.43 bits per heavy atom. The molecular weight excluding hydrogens is 659 g/mol. The summed E-state index contributed by atoms with van der Waals surface area (Å²) in [6.45, 7) is 6.73. The fourth-order valence-electron chi connectivity index (χ4n) is 4.73. The summed E-state index contributed by atoms with van der Waals surface area (Å²) in [5, 5.41) is 18.2. The lowest BCUT2D eigenvalue weighted by Gasteiger charge is -2.24. The van der Waals surface area contributed by atoms with Crippen molar-refractivity contribution in [3.8, 4) is 22.7 Å². The largest absolute Gasteiger partial charge is 0.480 e. The Morgan fingerprint density at radius 2 is 1.81 bits per heavy atom. The summed E-state index contributed by atoms with van der Waals surface area (Å²) in [7, 11) is 0. The molecule has 15 heteroatoms. The maximum atomic E-state index is 14.6. The molecule has 0 aliphatic heterocycles. The Kier molecular flexibility index (Phi) is 9.46. The number of hydrogen-bond donors (Lipinski definition) is 2. The molecule has 2 unspecified atom stereocenters. The van der Waals surface area contributed by atoms with Gasteiger partial charge in [-0.05, 0) is 57.0 Å². The minimum atomic E-state index is -4.83.